The third-order valence-corrected chi connectivity index (χ3v) is 3.34. The maximum atomic E-state index is 13.4. The molecule has 0 N–H and O–H groups in total. The molecule has 0 spiro atoms. The van der Waals surface area contributed by atoms with Crippen LogP contribution in [0.5, 0.6) is 0 Å². The molecule has 0 aromatic heterocycles. The predicted octanol–water partition coefficient (Wildman–Crippen LogP) is 3.66. The van der Waals surface area contributed by atoms with Crippen molar-refractivity contribution in [3.05, 3.63) is 0 Å². The molecule has 0 aromatic rings. The molecule has 1 unspecified atom stereocenters. The average molecular weight is 238 g/mol. The minimum Gasteiger partial charge on any atom is -0.236 e. The minimum absolute atomic E-state index is 0.0713. The van der Waals surface area contributed by atoms with E-state index in [1.54, 1.807) is 0 Å². The fourth-order valence-electron chi connectivity index (χ4n) is 1.57. The molecule has 0 amide bonds. The molecule has 1 saturated carbocycles. The second kappa shape index (κ2) is 2.43. The Morgan fingerprint density at radius 1 is 0.533 bits per heavy atom. The Balaban J connectivity index is 3.55. The Morgan fingerprint density at radius 3 is 0.933 bits per heavy atom. The lowest BCUT2D eigenvalue weighted by Crippen LogP contribution is -2.51. The molecule has 0 bridgehead atoms. The normalized spacial score (nSPS) is 40.4. The monoisotopic (exact) mass is 238 g/mol. The number of halogens is 7. The summed E-state index contributed by atoms with van der Waals surface area (Å²) in [6.45, 7) is 0.797. The molecule has 1 aliphatic carbocycles. The van der Waals surface area contributed by atoms with Crippen molar-refractivity contribution in [3.8, 4) is 0 Å². The molecule has 0 aliphatic heterocycles. The second-order valence-electron chi connectivity index (χ2n) is 4.35. The minimum atomic E-state index is -5.69. The van der Waals surface area contributed by atoms with E-state index in [9.17, 15) is 30.7 Å². The van der Waals surface area contributed by atoms with E-state index >= 15 is 0 Å². The van der Waals surface area contributed by atoms with Crippen molar-refractivity contribution >= 4 is 0 Å². The predicted molar refractivity (Wildman–Crippen MR) is 38.1 cm³/mol. The van der Waals surface area contributed by atoms with Gasteiger partial charge in [0, 0.05) is 0 Å². The molecule has 0 saturated heterocycles. The zero-order chi connectivity index (χ0) is 12.5. The van der Waals surface area contributed by atoms with Gasteiger partial charge in [-0.05, 0) is 6.92 Å². The van der Waals surface area contributed by atoms with Gasteiger partial charge in [-0.25, -0.2) is 4.39 Å². The Bertz CT molecular complexity index is 200. The summed E-state index contributed by atoms with van der Waals surface area (Å²) in [7, 11) is 0. The molecule has 1 aliphatic rings. The van der Waals surface area contributed by atoms with Gasteiger partial charge in [-0.1, -0.05) is 13.8 Å². The van der Waals surface area contributed by atoms with Crippen molar-refractivity contribution < 1.29 is 30.7 Å². The van der Waals surface area contributed by atoms with Gasteiger partial charge in [0.15, 0.2) is 5.67 Å². The van der Waals surface area contributed by atoms with E-state index in [0.29, 0.717) is 13.8 Å². The first-order chi connectivity index (χ1) is 6.25. The molecule has 0 heterocycles. The quantitative estimate of drug-likeness (QED) is 0.565. The van der Waals surface area contributed by atoms with E-state index in [1.807, 2.05) is 0 Å². The Kier molecular flexibility index (Phi) is 2.04. The maximum Gasteiger partial charge on any atom is 0.375 e. The lowest BCUT2D eigenvalue weighted by Gasteiger charge is -2.34. The van der Waals surface area contributed by atoms with Crippen LogP contribution >= 0.6 is 0 Å². The van der Waals surface area contributed by atoms with E-state index in [-0.39, 0.29) is 6.92 Å². The van der Waals surface area contributed by atoms with Gasteiger partial charge in [0.05, 0.1) is 5.41 Å². The Labute approximate surface area is 81.4 Å². The van der Waals surface area contributed by atoms with E-state index in [2.05, 4.69) is 0 Å². The number of hydrogen-bond donors (Lipinski definition) is 0. The van der Waals surface area contributed by atoms with Crippen LogP contribution in [0, 0.1) is 5.41 Å². The zero-order valence-corrected chi connectivity index (χ0v) is 8.15. The summed E-state index contributed by atoms with van der Waals surface area (Å²) >= 11 is 0. The third kappa shape index (κ3) is 0.903. The van der Waals surface area contributed by atoms with Crippen LogP contribution in [0.2, 0.25) is 0 Å². The van der Waals surface area contributed by atoms with Crippen molar-refractivity contribution in [2.45, 2.75) is 44.2 Å². The smallest absolute Gasteiger partial charge is 0.236 e. The summed E-state index contributed by atoms with van der Waals surface area (Å²) in [5, 5.41) is 0. The Morgan fingerprint density at radius 2 is 0.867 bits per heavy atom. The third-order valence-electron chi connectivity index (χ3n) is 3.34. The summed E-state index contributed by atoms with van der Waals surface area (Å²) in [5.74, 6) is -16.2. The summed E-state index contributed by atoms with van der Waals surface area (Å²) < 4.78 is 90.8. The summed E-state index contributed by atoms with van der Waals surface area (Å²) in [6.07, 6.45) is 0. The fraction of sp³-hybridized carbons (Fsp3) is 1.00. The first-order valence-corrected chi connectivity index (χ1v) is 4.07. The van der Waals surface area contributed by atoms with Crippen LogP contribution < -0.4 is 0 Å². The highest BCUT2D eigenvalue weighted by atomic mass is 19.3. The maximum absolute atomic E-state index is 13.4. The first kappa shape index (κ1) is 12.6. The van der Waals surface area contributed by atoms with Crippen LogP contribution in [0.25, 0.3) is 0 Å². The van der Waals surface area contributed by atoms with Gasteiger partial charge >= 0.3 is 17.8 Å². The van der Waals surface area contributed by atoms with E-state index < -0.39 is 28.9 Å². The average Bonchev–Trinajstić information content (AvgIpc) is 2.04. The van der Waals surface area contributed by atoms with Crippen LogP contribution in [0.3, 0.4) is 0 Å². The SMILES string of the molecule is CC1(C)C(C)(F)C(F)(F)C(F)(F)C1(F)F. The summed E-state index contributed by atoms with van der Waals surface area (Å²) in [6, 6.07) is 0. The van der Waals surface area contributed by atoms with Crippen molar-refractivity contribution in [2.24, 2.45) is 5.41 Å². The van der Waals surface area contributed by atoms with E-state index in [0.717, 1.165) is 0 Å². The van der Waals surface area contributed by atoms with Gasteiger partial charge in [0.1, 0.15) is 0 Å². The van der Waals surface area contributed by atoms with Crippen LogP contribution in [0.1, 0.15) is 20.8 Å². The molecule has 1 fully saturated rings. The molecule has 0 nitrogen and oxygen atoms in total. The lowest BCUT2D eigenvalue weighted by molar-refractivity contribution is -0.290. The molecule has 0 aromatic carbocycles. The summed E-state index contributed by atoms with van der Waals surface area (Å²) in [4.78, 5) is 0. The van der Waals surface area contributed by atoms with E-state index in [1.165, 1.54) is 0 Å². The van der Waals surface area contributed by atoms with E-state index in [4.69, 9.17) is 0 Å². The van der Waals surface area contributed by atoms with Gasteiger partial charge < -0.3 is 0 Å². The van der Waals surface area contributed by atoms with Crippen LogP contribution in [0.15, 0.2) is 0 Å². The first-order valence-electron chi connectivity index (χ1n) is 4.07. The van der Waals surface area contributed by atoms with Gasteiger partial charge in [0.2, 0.25) is 0 Å². The largest absolute Gasteiger partial charge is 0.375 e. The van der Waals surface area contributed by atoms with Gasteiger partial charge in [-0.15, -0.1) is 0 Å². The standard InChI is InChI=1S/C8H9F7/c1-4(2)5(3,9)7(12,13)8(14,15)6(4,10)11/h1-3H3. The van der Waals surface area contributed by atoms with Gasteiger partial charge in [-0.3, -0.25) is 0 Å². The van der Waals surface area contributed by atoms with Crippen LogP contribution in [0.4, 0.5) is 30.7 Å². The zero-order valence-electron chi connectivity index (χ0n) is 8.15. The Hall–Kier alpha value is -0.490. The molecule has 90 valence electrons. The fourth-order valence-corrected chi connectivity index (χ4v) is 1.57. The van der Waals surface area contributed by atoms with Crippen molar-refractivity contribution in [1.29, 1.82) is 0 Å². The van der Waals surface area contributed by atoms with Crippen molar-refractivity contribution in [1.82, 2.24) is 0 Å². The highest BCUT2D eigenvalue weighted by molar-refractivity contribution is 5.24. The molecule has 1 atom stereocenters. The lowest BCUT2D eigenvalue weighted by atomic mass is 9.77. The molecule has 1 rings (SSSR count). The number of alkyl halides is 7. The van der Waals surface area contributed by atoms with Crippen molar-refractivity contribution in [2.75, 3.05) is 0 Å². The highest BCUT2D eigenvalue weighted by Crippen LogP contribution is 2.70. The molecule has 7 heteroatoms. The van der Waals surface area contributed by atoms with Gasteiger partial charge in [0.25, 0.3) is 0 Å². The number of rotatable bonds is 0. The van der Waals surface area contributed by atoms with Gasteiger partial charge in [-0.2, -0.15) is 26.3 Å². The molecular weight excluding hydrogens is 229 g/mol. The topological polar surface area (TPSA) is 0 Å². The van der Waals surface area contributed by atoms with Crippen LogP contribution in [-0.2, 0) is 0 Å². The highest BCUT2D eigenvalue weighted by Gasteiger charge is 2.93. The summed E-state index contributed by atoms with van der Waals surface area (Å²) in [5.41, 5.74) is -7.12. The number of hydrogen-bond acceptors (Lipinski definition) is 0. The van der Waals surface area contributed by atoms with Crippen molar-refractivity contribution in [3.63, 3.8) is 0 Å². The molecule has 0 radical (unpaired) electrons. The molecular formula is C8H9F7. The van der Waals surface area contributed by atoms with Crippen LogP contribution in [-0.4, -0.2) is 23.4 Å². The molecule has 15 heavy (non-hydrogen) atoms. The second-order valence-corrected chi connectivity index (χ2v) is 4.35.